The Kier molecular flexibility index (Phi) is 4.05. The Balaban J connectivity index is 2.23. The molecule has 0 amide bonds. The predicted octanol–water partition coefficient (Wildman–Crippen LogP) is 2.24. The third-order valence-electron chi connectivity index (χ3n) is 2.52. The zero-order valence-corrected chi connectivity index (χ0v) is 11.5. The van der Waals surface area contributed by atoms with Crippen LogP contribution in [0.4, 0.5) is 0 Å². The van der Waals surface area contributed by atoms with Crippen molar-refractivity contribution in [2.24, 2.45) is 0 Å². The van der Waals surface area contributed by atoms with Gasteiger partial charge < -0.3 is 8.92 Å². The highest BCUT2D eigenvalue weighted by atomic mass is 32.2. The summed E-state index contributed by atoms with van der Waals surface area (Å²) in [7, 11) is -2.67. The smallest absolute Gasteiger partial charge is 0.354 e. The molecular weight excluding hydrogens is 280 g/mol. The van der Waals surface area contributed by atoms with Gasteiger partial charge in [-0.15, -0.1) is 0 Å². The van der Waals surface area contributed by atoms with Gasteiger partial charge in [-0.25, -0.2) is 4.79 Å². The molecule has 0 aliphatic rings. The van der Waals surface area contributed by atoms with E-state index in [9.17, 15) is 13.2 Å². The maximum Gasteiger partial charge on any atom is 0.354 e. The lowest BCUT2D eigenvalue weighted by atomic mass is 10.2. The summed E-state index contributed by atoms with van der Waals surface area (Å²) < 4.78 is 33.3. The number of ether oxygens (including phenoxy) is 1. The molecule has 6 heteroatoms. The molecule has 0 saturated heterocycles. The molecule has 0 bridgehead atoms. The van der Waals surface area contributed by atoms with Gasteiger partial charge >= 0.3 is 16.1 Å². The quantitative estimate of drug-likeness (QED) is 0.808. The topological polar surface area (TPSA) is 69.7 Å². The van der Waals surface area contributed by atoms with Gasteiger partial charge in [0.2, 0.25) is 0 Å². The molecule has 0 atom stereocenters. The van der Waals surface area contributed by atoms with E-state index in [1.54, 1.807) is 30.3 Å². The first kappa shape index (κ1) is 14.1. The maximum absolute atomic E-state index is 11.9. The minimum atomic E-state index is -4.12. The second kappa shape index (κ2) is 5.75. The molecule has 5 nitrogen and oxygen atoms in total. The van der Waals surface area contributed by atoms with Crippen LogP contribution in [0.2, 0.25) is 0 Å². The third kappa shape index (κ3) is 3.16. The average Bonchev–Trinajstić information content (AvgIpc) is 2.48. The van der Waals surface area contributed by atoms with Crippen LogP contribution in [0.5, 0.6) is 5.75 Å². The van der Waals surface area contributed by atoms with Crippen molar-refractivity contribution in [1.82, 2.24) is 0 Å². The van der Waals surface area contributed by atoms with Crippen LogP contribution in [0.25, 0.3) is 0 Å². The zero-order valence-electron chi connectivity index (χ0n) is 10.6. The molecule has 0 unspecified atom stereocenters. The molecule has 0 fully saturated rings. The summed E-state index contributed by atoms with van der Waals surface area (Å²) in [5.74, 6) is -0.510. The van der Waals surface area contributed by atoms with Crippen LogP contribution in [0, 0.1) is 0 Å². The summed E-state index contributed by atoms with van der Waals surface area (Å²) in [5, 5.41) is 0. The number of rotatable bonds is 4. The van der Waals surface area contributed by atoms with Gasteiger partial charge in [0.1, 0.15) is 10.6 Å². The van der Waals surface area contributed by atoms with Crippen molar-refractivity contribution in [1.29, 1.82) is 0 Å². The van der Waals surface area contributed by atoms with E-state index >= 15 is 0 Å². The molecule has 0 aliphatic heterocycles. The Bertz CT molecular complexity index is 707. The van der Waals surface area contributed by atoms with Crippen LogP contribution >= 0.6 is 0 Å². The van der Waals surface area contributed by atoms with E-state index in [0.29, 0.717) is 5.75 Å². The monoisotopic (exact) mass is 292 g/mol. The minimum Gasteiger partial charge on any atom is -0.497 e. The Labute approximate surface area is 116 Å². The summed E-state index contributed by atoms with van der Waals surface area (Å²) in [6, 6.07) is 13.5. The van der Waals surface area contributed by atoms with Crippen molar-refractivity contribution in [3.05, 3.63) is 60.2 Å². The number of hydrogen-bond acceptors (Lipinski definition) is 5. The molecule has 0 heterocycles. The molecule has 0 radical (unpaired) electrons. The van der Waals surface area contributed by atoms with Gasteiger partial charge in [0.05, 0.1) is 12.7 Å². The molecule has 2 aromatic rings. The Morgan fingerprint density at radius 2 is 1.70 bits per heavy atom. The summed E-state index contributed by atoms with van der Waals surface area (Å²) in [6.07, 6.45) is 0. The maximum atomic E-state index is 11.9. The van der Waals surface area contributed by atoms with Crippen molar-refractivity contribution in [2.45, 2.75) is 4.90 Å². The molecule has 0 aromatic heterocycles. The Morgan fingerprint density at radius 1 is 1.00 bits per heavy atom. The Morgan fingerprint density at radius 3 is 2.35 bits per heavy atom. The lowest BCUT2D eigenvalue weighted by molar-refractivity contribution is 0.0746. The van der Waals surface area contributed by atoms with E-state index in [2.05, 4.69) is 4.18 Å². The normalized spacial score (nSPS) is 10.8. The first-order valence-electron chi connectivity index (χ1n) is 5.71. The van der Waals surface area contributed by atoms with Gasteiger partial charge in [0, 0.05) is 0 Å². The number of carbonyl (C=O) groups excluding carboxylic acids is 1. The van der Waals surface area contributed by atoms with Crippen LogP contribution < -0.4 is 4.74 Å². The van der Waals surface area contributed by atoms with Crippen molar-refractivity contribution in [3.63, 3.8) is 0 Å². The number of benzene rings is 2. The zero-order chi connectivity index (χ0) is 14.6. The molecule has 2 rings (SSSR count). The van der Waals surface area contributed by atoms with Crippen LogP contribution in [-0.4, -0.2) is 21.5 Å². The van der Waals surface area contributed by atoms with Crippen LogP contribution in [-0.2, 0) is 14.3 Å². The van der Waals surface area contributed by atoms with Crippen LogP contribution in [0.15, 0.2) is 59.5 Å². The molecule has 0 saturated carbocycles. The largest absolute Gasteiger partial charge is 0.497 e. The fourth-order valence-electron chi connectivity index (χ4n) is 1.53. The Hall–Kier alpha value is -2.34. The summed E-state index contributed by atoms with van der Waals surface area (Å²) >= 11 is 0. The van der Waals surface area contributed by atoms with Crippen molar-refractivity contribution in [3.8, 4) is 5.75 Å². The van der Waals surface area contributed by atoms with E-state index in [4.69, 9.17) is 4.74 Å². The summed E-state index contributed by atoms with van der Waals surface area (Å²) in [4.78, 5) is 11.8. The van der Waals surface area contributed by atoms with Crippen LogP contribution in [0.1, 0.15) is 10.4 Å². The van der Waals surface area contributed by atoms with Gasteiger partial charge in [-0.3, -0.25) is 0 Å². The summed E-state index contributed by atoms with van der Waals surface area (Å²) in [5.41, 5.74) is 0.101. The van der Waals surface area contributed by atoms with Gasteiger partial charge in [-0.2, -0.15) is 8.42 Å². The van der Waals surface area contributed by atoms with Gasteiger partial charge in [0.15, 0.2) is 0 Å². The second-order valence-electron chi connectivity index (χ2n) is 3.87. The number of carbonyl (C=O) groups is 1. The number of hydrogen-bond donors (Lipinski definition) is 0. The van der Waals surface area contributed by atoms with Crippen molar-refractivity contribution < 1.29 is 22.1 Å². The fourth-order valence-corrected chi connectivity index (χ4v) is 2.42. The highest BCUT2D eigenvalue weighted by Gasteiger charge is 2.21. The molecule has 0 N–H and O–H groups in total. The predicted molar refractivity (Wildman–Crippen MR) is 72.0 cm³/mol. The van der Waals surface area contributed by atoms with Gasteiger partial charge in [-0.05, 0) is 30.3 Å². The first-order chi connectivity index (χ1) is 9.53. The van der Waals surface area contributed by atoms with Crippen molar-refractivity contribution in [2.75, 3.05) is 7.11 Å². The van der Waals surface area contributed by atoms with Gasteiger partial charge in [-0.1, -0.05) is 24.3 Å². The van der Waals surface area contributed by atoms with E-state index < -0.39 is 16.1 Å². The average molecular weight is 292 g/mol. The molecule has 0 spiro atoms. The highest BCUT2D eigenvalue weighted by molar-refractivity contribution is 7.87. The molecular formula is C14H12O5S. The molecule has 0 aliphatic carbocycles. The second-order valence-corrected chi connectivity index (χ2v) is 5.42. The third-order valence-corrected chi connectivity index (χ3v) is 3.74. The van der Waals surface area contributed by atoms with Crippen LogP contribution in [0.3, 0.4) is 0 Å². The SMILES string of the molecule is COc1cccc(C(=O)OS(=O)(=O)c2ccccc2)c1. The van der Waals surface area contributed by atoms with E-state index in [0.717, 1.165) is 0 Å². The van der Waals surface area contributed by atoms with Gasteiger partial charge in [0.25, 0.3) is 0 Å². The minimum absolute atomic E-state index is 0.0729. The molecule has 104 valence electrons. The fraction of sp³-hybridized carbons (Fsp3) is 0.0714. The van der Waals surface area contributed by atoms with E-state index in [1.165, 1.54) is 31.4 Å². The number of methoxy groups -OCH3 is 1. The lowest BCUT2D eigenvalue weighted by Crippen LogP contribution is -2.13. The molecule has 20 heavy (non-hydrogen) atoms. The highest BCUT2D eigenvalue weighted by Crippen LogP contribution is 2.17. The molecule has 2 aromatic carbocycles. The lowest BCUT2D eigenvalue weighted by Gasteiger charge is -2.06. The van der Waals surface area contributed by atoms with E-state index in [1.807, 2.05) is 0 Å². The summed E-state index contributed by atoms with van der Waals surface area (Å²) in [6.45, 7) is 0. The van der Waals surface area contributed by atoms with Crippen molar-refractivity contribution >= 4 is 16.1 Å². The van der Waals surface area contributed by atoms with E-state index in [-0.39, 0.29) is 10.5 Å². The standard InChI is InChI=1S/C14H12O5S/c1-18-12-7-5-6-11(10-12)14(15)19-20(16,17)13-8-3-2-4-9-13/h2-10H,1H3. The first-order valence-corrected chi connectivity index (χ1v) is 7.12.